The van der Waals surface area contributed by atoms with Crippen molar-refractivity contribution in [1.29, 1.82) is 0 Å². The van der Waals surface area contributed by atoms with Gasteiger partial charge in [0.2, 0.25) is 0 Å². The van der Waals surface area contributed by atoms with Gasteiger partial charge in [0.25, 0.3) is 5.91 Å². The normalized spacial score (nSPS) is 12.7. The van der Waals surface area contributed by atoms with Crippen LogP contribution in [0.15, 0.2) is 12.1 Å². The third kappa shape index (κ3) is 4.82. The van der Waals surface area contributed by atoms with Gasteiger partial charge < -0.3 is 10.4 Å². The summed E-state index contributed by atoms with van der Waals surface area (Å²) in [5, 5.41) is 11.4. The van der Waals surface area contributed by atoms with Crippen molar-refractivity contribution in [3.8, 4) is 0 Å². The van der Waals surface area contributed by atoms with Crippen molar-refractivity contribution in [1.82, 2.24) is 10.3 Å². The summed E-state index contributed by atoms with van der Waals surface area (Å²) in [6, 6.07) is 2.04. The fourth-order valence-corrected chi connectivity index (χ4v) is 2.83. The van der Waals surface area contributed by atoms with Crippen molar-refractivity contribution >= 4 is 21.7 Å². The SMILES string of the molecule is CCS(=O)(=O)CC(C)NC(=O)c1ccc(C(=O)O)c(C)n1. The summed E-state index contributed by atoms with van der Waals surface area (Å²) in [4.78, 5) is 26.7. The van der Waals surface area contributed by atoms with Crippen LogP contribution in [0, 0.1) is 6.92 Å². The van der Waals surface area contributed by atoms with Gasteiger partial charge in [0.05, 0.1) is 17.0 Å². The van der Waals surface area contributed by atoms with Crippen LogP contribution in [0.3, 0.4) is 0 Å². The number of aryl methyl sites for hydroxylation is 1. The van der Waals surface area contributed by atoms with E-state index in [0.29, 0.717) is 0 Å². The molecule has 21 heavy (non-hydrogen) atoms. The topological polar surface area (TPSA) is 113 Å². The molecule has 1 aromatic rings. The first kappa shape index (κ1) is 17.1. The highest BCUT2D eigenvalue weighted by Gasteiger charge is 2.18. The number of aromatic nitrogens is 1. The third-order valence-electron chi connectivity index (χ3n) is 2.87. The number of pyridine rings is 1. The molecule has 0 radical (unpaired) electrons. The Hall–Kier alpha value is -1.96. The number of amides is 1. The average molecular weight is 314 g/mol. The van der Waals surface area contributed by atoms with Gasteiger partial charge in [-0.05, 0) is 26.0 Å². The van der Waals surface area contributed by atoms with E-state index >= 15 is 0 Å². The van der Waals surface area contributed by atoms with Crippen LogP contribution in [0.5, 0.6) is 0 Å². The first-order chi connectivity index (χ1) is 9.66. The molecule has 8 heteroatoms. The average Bonchev–Trinajstić information content (AvgIpc) is 2.37. The number of nitrogens with one attached hydrogen (secondary N) is 1. The molecule has 0 aliphatic heterocycles. The monoisotopic (exact) mass is 314 g/mol. The van der Waals surface area contributed by atoms with Gasteiger partial charge >= 0.3 is 5.97 Å². The molecule has 0 saturated carbocycles. The number of aromatic carboxylic acids is 1. The van der Waals surface area contributed by atoms with E-state index in [2.05, 4.69) is 10.3 Å². The van der Waals surface area contributed by atoms with Crippen LogP contribution in [-0.2, 0) is 9.84 Å². The molecule has 1 amide bonds. The standard InChI is InChI=1S/C13H18N2O5S/c1-4-21(19,20)7-8(2)14-12(16)11-6-5-10(13(17)18)9(3)15-11/h5-6,8H,4,7H2,1-3H3,(H,14,16)(H,17,18). The van der Waals surface area contributed by atoms with Gasteiger partial charge in [0, 0.05) is 11.8 Å². The Kier molecular flexibility index (Phi) is 5.42. The quantitative estimate of drug-likeness (QED) is 0.796. The van der Waals surface area contributed by atoms with E-state index in [1.54, 1.807) is 13.8 Å². The fourth-order valence-electron chi connectivity index (χ4n) is 1.75. The van der Waals surface area contributed by atoms with Crippen LogP contribution in [0.1, 0.15) is 40.4 Å². The summed E-state index contributed by atoms with van der Waals surface area (Å²) in [7, 11) is -3.19. The van der Waals surface area contributed by atoms with Gasteiger partial charge in [-0.25, -0.2) is 18.2 Å². The largest absolute Gasteiger partial charge is 0.478 e. The van der Waals surface area contributed by atoms with Crippen molar-refractivity contribution in [2.24, 2.45) is 0 Å². The lowest BCUT2D eigenvalue weighted by atomic mass is 10.2. The Labute approximate surface area is 123 Å². The molecule has 116 valence electrons. The summed E-state index contributed by atoms with van der Waals surface area (Å²) in [5.41, 5.74) is 0.301. The molecular weight excluding hydrogens is 296 g/mol. The van der Waals surface area contributed by atoms with Gasteiger partial charge in [-0.1, -0.05) is 6.92 Å². The van der Waals surface area contributed by atoms with Crippen molar-refractivity contribution in [3.63, 3.8) is 0 Å². The molecule has 1 unspecified atom stereocenters. The number of carboxylic acids is 1. The van der Waals surface area contributed by atoms with Gasteiger partial charge in [0.1, 0.15) is 5.69 Å². The number of nitrogens with zero attached hydrogens (tertiary/aromatic N) is 1. The maximum absolute atomic E-state index is 11.9. The second kappa shape index (κ2) is 6.66. The number of rotatable bonds is 6. The van der Waals surface area contributed by atoms with Crippen molar-refractivity contribution in [2.45, 2.75) is 26.8 Å². The van der Waals surface area contributed by atoms with E-state index in [4.69, 9.17) is 5.11 Å². The summed E-state index contributed by atoms with van der Waals surface area (Å²) >= 11 is 0. The van der Waals surface area contributed by atoms with E-state index in [1.165, 1.54) is 19.1 Å². The molecule has 1 heterocycles. The second-order valence-corrected chi connectivity index (χ2v) is 7.11. The van der Waals surface area contributed by atoms with Gasteiger partial charge in [-0.2, -0.15) is 0 Å². The minimum Gasteiger partial charge on any atom is -0.478 e. The molecule has 7 nitrogen and oxygen atoms in total. The number of hydrogen-bond donors (Lipinski definition) is 2. The number of carboxylic acid groups (broad SMARTS) is 1. The summed E-state index contributed by atoms with van der Waals surface area (Å²) in [6.45, 7) is 4.62. The van der Waals surface area contributed by atoms with E-state index in [9.17, 15) is 18.0 Å². The zero-order valence-electron chi connectivity index (χ0n) is 12.1. The highest BCUT2D eigenvalue weighted by molar-refractivity contribution is 7.91. The summed E-state index contributed by atoms with van der Waals surface area (Å²) in [5.74, 6) is -1.79. The first-order valence-electron chi connectivity index (χ1n) is 6.38. The molecule has 0 spiro atoms. The molecule has 1 aromatic heterocycles. The number of carbonyl (C=O) groups excluding carboxylic acids is 1. The molecule has 0 aliphatic carbocycles. The Morgan fingerprint density at radius 2 is 2.00 bits per heavy atom. The highest BCUT2D eigenvalue weighted by atomic mass is 32.2. The van der Waals surface area contributed by atoms with Crippen molar-refractivity contribution in [3.05, 3.63) is 29.1 Å². The lowest BCUT2D eigenvalue weighted by molar-refractivity contribution is 0.0694. The molecule has 0 saturated heterocycles. The second-order valence-electron chi connectivity index (χ2n) is 4.71. The van der Waals surface area contributed by atoms with Gasteiger partial charge in [-0.15, -0.1) is 0 Å². The number of carbonyl (C=O) groups is 2. The Bertz CT molecular complexity index is 655. The Morgan fingerprint density at radius 1 is 1.38 bits per heavy atom. The molecule has 0 fully saturated rings. The van der Waals surface area contributed by atoms with Gasteiger partial charge in [0.15, 0.2) is 9.84 Å². The van der Waals surface area contributed by atoms with Crippen molar-refractivity contribution in [2.75, 3.05) is 11.5 Å². The molecule has 0 bridgehead atoms. The number of sulfone groups is 1. The van der Waals surface area contributed by atoms with E-state index in [-0.39, 0.29) is 28.5 Å². The third-order valence-corrected chi connectivity index (χ3v) is 4.76. The van der Waals surface area contributed by atoms with E-state index < -0.39 is 27.8 Å². The summed E-state index contributed by atoms with van der Waals surface area (Å²) < 4.78 is 22.9. The Balaban J connectivity index is 2.81. The van der Waals surface area contributed by atoms with E-state index in [0.717, 1.165) is 0 Å². The van der Waals surface area contributed by atoms with Crippen LogP contribution in [0.4, 0.5) is 0 Å². The Morgan fingerprint density at radius 3 is 2.48 bits per heavy atom. The maximum atomic E-state index is 11.9. The van der Waals surface area contributed by atoms with Crippen molar-refractivity contribution < 1.29 is 23.1 Å². The predicted octanol–water partition coefficient (Wildman–Crippen LogP) is 0.641. The highest BCUT2D eigenvalue weighted by Crippen LogP contribution is 2.07. The first-order valence-corrected chi connectivity index (χ1v) is 8.20. The number of hydrogen-bond acceptors (Lipinski definition) is 5. The van der Waals surface area contributed by atoms with Crippen LogP contribution in [-0.4, -0.2) is 47.9 Å². The molecular formula is C13H18N2O5S. The van der Waals surface area contributed by atoms with Crippen LogP contribution >= 0.6 is 0 Å². The predicted molar refractivity (Wildman–Crippen MR) is 77.2 cm³/mol. The molecule has 2 N–H and O–H groups in total. The van der Waals surface area contributed by atoms with Crippen LogP contribution in [0.25, 0.3) is 0 Å². The molecule has 1 atom stereocenters. The lowest BCUT2D eigenvalue weighted by Crippen LogP contribution is -2.38. The minimum absolute atomic E-state index is 0.0118. The minimum atomic E-state index is -3.19. The van der Waals surface area contributed by atoms with Gasteiger partial charge in [-0.3, -0.25) is 4.79 Å². The summed E-state index contributed by atoms with van der Waals surface area (Å²) in [6.07, 6.45) is 0. The van der Waals surface area contributed by atoms with Crippen LogP contribution in [0.2, 0.25) is 0 Å². The smallest absolute Gasteiger partial charge is 0.337 e. The zero-order chi connectivity index (χ0) is 16.2. The zero-order valence-corrected chi connectivity index (χ0v) is 12.9. The lowest BCUT2D eigenvalue weighted by Gasteiger charge is -2.13. The fraction of sp³-hybridized carbons (Fsp3) is 0.462. The van der Waals surface area contributed by atoms with E-state index in [1.807, 2.05) is 0 Å². The molecule has 1 rings (SSSR count). The van der Waals surface area contributed by atoms with Crippen LogP contribution < -0.4 is 5.32 Å². The molecule has 0 aromatic carbocycles. The maximum Gasteiger partial charge on any atom is 0.337 e. The molecule has 0 aliphatic rings.